The second-order valence-corrected chi connectivity index (χ2v) is 3.88. The van der Waals surface area contributed by atoms with E-state index in [0.29, 0.717) is 12.2 Å². The first-order valence-electron chi connectivity index (χ1n) is 5.73. The molecule has 0 aromatic heterocycles. The molecule has 1 rings (SSSR count). The van der Waals surface area contributed by atoms with Crippen molar-refractivity contribution >= 4 is 5.97 Å². The van der Waals surface area contributed by atoms with Crippen molar-refractivity contribution in [1.82, 2.24) is 5.32 Å². The summed E-state index contributed by atoms with van der Waals surface area (Å²) in [6.45, 7) is 5.62. The quantitative estimate of drug-likeness (QED) is 0.802. The number of rotatable bonds is 5. The van der Waals surface area contributed by atoms with E-state index in [2.05, 4.69) is 5.32 Å². The topological polar surface area (TPSA) is 38.3 Å². The lowest BCUT2D eigenvalue weighted by atomic mass is 10.1. The second-order valence-electron chi connectivity index (χ2n) is 3.88. The van der Waals surface area contributed by atoms with Crippen molar-refractivity contribution in [2.75, 3.05) is 6.61 Å². The molecule has 0 bridgehead atoms. The first-order chi connectivity index (χ1) is 8.06. The van der Waals surface area contributed by atoms with Gasteiger partial charge < -0.3 is 4.74 Å². The van der Waals surface area contributed by atoms with Crippen molar-refractivity contribution in [3.05, 3.63) is 35.6 Å². The summed E-state index contributed by atoms with van der Waals surface area (Å²) in [6, 6.07) is 5.82. The van der Waals surface area contributed by atoms with Crippen molar-refractivity contribution in [3.63, 3.8) is 0 Å². The van der Waals surface area contributed by atoms with Crippen LogP contribution in [0.1, 0.15) is 32.4 Å². The molecule has 1 aromatic rings. The van der Waals surface area contributed by atoms with E-state index in [1.54, 1.807) is 32.0 Å². The van der Waals surface area contributed by atoms with Crippen molar-refractivity contribution in [1.29, 1.82) is 0 Å². The maximum atomic E-state index is 13.5. The molecule has 0 heterocycles. The summed E-state index contributed by atoms with van der Waals surface area (Å²) in [5.74, 6) is -0.598. The normalized spacial score (nSPS) is 14.1. The van der Waals surface area contributed by atoms with Crippen LogP contribution < -0.4 is 5.32 Å². The van der Waals surface area contributed by atoms with Gasteiger partial charge >= 0.3 is 5.97 Å². The number of nitrogens with one attached hydrogen (secondary N) is 1. The van der Waals surface area contributed by atoms with E-state index in [1.807, 2.05) is 6.92 Å². The highest BCUT2D eigenvalue weighted by atomic mass is 19.1. The Bertz CT molecular complexity index is 381. The smallest absolute Gasteiger partial charge is 0.322 e. The predicted molar refractivity (Wildman–Crippen MR) is 64.0 cm³/mol. The SMILES string of the molecule is CCOC(=O)C(C)N[C@H](C)c1ccccc1F. The minimum Gasteiger partial charge on any atom is -0.465 e. The Morgan fingerprint density at radius 1 is 1.41 bits per heavy atom. The number of carbonyl (C=O) groups is 1. The zero-order valence-corrected chi connectivity index (χ0v) is 10.4. The summed E-state index contributed by atoms with van der Waals surface area (Å²) in [6.07, 6.45) is 0. The van der Waals surface area contributed by atoms with Gasteiger partial charge in [0.15, 0.2) is 0 Å². The maximum Gasteiger partial charge on any atom is 0.322 e. The minimum atomic E-state index is -0.454. The van der Waals surface area contributed by atoms with E-state index in [-0.39, 0.29) is 17.8 Å². The molecule has 1 aromatic carbocycles. The third kappa shape index (κ3) is 3.82. The van der Waals surface area contributed by atoms with E-state index in [1.165, 1.54) is 6.07 Å². The van der Waals surface area contributed by atoms with Gasteiger partial charge in [0.1, 0.15) is 11.9 Å². The molecule has 2 atom stereocenters. The fraction of sp³-hybridized carbons (Fsp3) is 0.462. The number of esters is 1. The molecule has 0 saturated carbocycles. The molecule has 94 valence electrons. The summed E-state index contributed by atoms with van der Waals surface area (Å²) in [7, 11) is 0. The van der Waals surface area contributed by atoms with Crippen LogP contribution in [-0.2, 0) is 9.53 Å². The van der Waals surface area contributed by atoms with Gasteiger partial charge in [-0.2, -0.15) is 0 Å². The van der Waals surface area contributed by atoms with Gasteiger partial charge in [-0.15, -0.1) is 0 Å². The van der Waals surface area contributed by atoms with Crippen LogP contribution in [0, 0.1) is 5.82 Å². The second kappa shape index (κ2) is 6.35. The zero-order chi connectivity index (χ0) is 12.8. The fourth-order valence-corrected chi connectivity index (χ4v) is 1.63. The molecular weight excluding hydrogens is 221 g/mol. The van der Waals surface area contributed by atoms with Gasteiger partial charge in [-0.1, -0.05) is 18.2 Å². The molecule has 0 amide bonds. The van der Waals surface area contributed by atoms with Gasteiger partial charge in [0.05, 0.1) is 6.61 Å². The van der Waals surface area contributed by atoms with Gasteiger partial charge in [-0.25, -0.2) is 4.39 Å². The first-order valence-corrected chi connectivity index (χ1v) is 5.73. The first kappa shape index (κ1) is 13.6. The number of hydrogen-bond donors (Lipinski definition) is 1. The number of ether oxygens (including phenoxy) is 1. The van der Waals surface area contributed by atoms with E-state index in [4.69, 9.17) is 4.74 Å². The average molecular weight is 239 g/mol. The van der Waals surface area contributed by atoms with E-state index < -0.39 is 6.04 Å². The summed E-state index contributed by atoms with van der Waals surface area (Å²) in [4.78, 5) is 11.4. The maximum absolute atomic E-state index is 13.5. The summed E-state index contributed by atoms with van der Waals surface area (Å²) >= 11 is 0. The molecule has 1 unspecified atom stereocenters. The number of benzene rings is 1. The molecule has 0 spiro atoms. The van der Waals surface area contributed by atoms with Gasteiger partial charge in [-0.05, 0) is 26.8 Å². The fourth-order valence-electron chi connectivity index (χ4n) is 1.63. The van der Waals surface area contributed by atoms with E-state index in [9.17, 15) is 9.18 Å². The van der Waals surface area contributed by atoms with Crippen LogP contribution in [0.4, 0.5) is 4.39 Å². The minimum absolute atomic E-state index is 0.240. The highest BCUT2D eigenvalue weighted by molar-refractivity contribution is 5.75. The molecule has 0 radical (unpaired) electrons. The molecule has 1 N–H and O–H groups in total. The van der Waals surface area contributed by atoms with Gasteiger partial charge in [-0.3, -0.25) is 10.1 Å². The monoisotopic (exact) mass is 239 g/mol. The Labute approximate surface area is 101 Å². The standard InChI is InChI=1S/C13H18FNO2/c1-4-17-13(16)10(3)15-9(2)11-7-5-6-8-12(11)14/h5-10,15H,4H2,1-3H3/t9-,10?/m1/s1. The molecule has 0 fully saturated rings. The third-order valence-electron chi connectivity index (χ3n) is 2.51. The molecule has 0 aliphatic carbocycles. The molecule has 0 aliphatic rings. The lowest BCUT2D eigenvalue weighted by molar-refractivity contribution is -0.145. The van der Waals surface area contributed by atoms with E-state index in [0.717, 1.165) is 0 Å². The molecule has 17 heavy (non-hydrogen) atoms. The highest BCUT2D eigenvalue weighted by Crippen LogP contribution is 2.16. The molecule has 0 aliphatic heterocycles. The van der Waals surface area contributed by atoms with Gasteiger partial charge in [0.2, 0.25) is 0 Å². The van der Waals surface area contributed by atoms with Crippen LogP contribution in [0.3, 0.4) is 0 Å². The molecule has 3 nitrogen and oxygen atoms in total. The summed E-state index contributed by atoms with van der Waals surface area (Å²) in [5.41, 5.74) is 0.545. The summed E-state index contributed by atoms with van der Waals surface area (Å²) in [5, 5.41) is 3.01. The Kier molecular flexibility index (Phi) is 5.10. The molecule has 4 heteroatoms. The lowest BCUT2D eigenvalue weighted by Gasteiger charge is -2.19. The Balaban J connectivity index is 2.63. The van der Waals surface area contributed by atoms with E-state index >= 15 is 0 Å². The van der Waals surface area contributed by atoms with Crippen molar-refractivity contribution in [2.45, 2.75) is 32.9 Å². The van der Waals surface area contributed by atoms with Crippen molar-refractivity contribution in [3.8, 4) is 0 Å². The predicted octanol–water partition coefficient (Wildman–Crippen LogP) is 2.43. The summed E-state index contributed by atoms with van der Waals surface area (Å²) < 4.78 is 18.4. The lowest BCUT2D eigenvalue weighted by Crippen LogP contribution is -2.37. The number of carbonyl (C=O) groups excluding carboxylic acids is 1. The van der Waals surface area contributed by atoms with Crippen LogP contribution in [0.5, 0.6) is 0 Å². The number of halogens is 1. The van der Waals surface area contributed by atoms with Crippen molar-refractivity contribution < 1.29 is 13.9 Å². The Hall–Kier alpha value is -1.42. The molecular formula is C13H18FNO2. The van der Waals surface area contributed by atoms with Crippen LogP contribution in [0.2, 0.25) is 0 Å². The Morgan fingerprint density at radius 2 is 2.06 bits per heavy atom. The third-order valence-corrected chi connectivity index (χ3v) is 2.51. The average Bonchev–Trinajstić information content (AvgIpc) is 2.29. The highest BCUT2D eigenvalue weighted by Gasteiger charge is 2.18. The van der Waals surface area contributed by atoms with Crippen LogP contribution in [0.25, 0.3) is 0 Å². The molecule has 0 saturated heterocycles. The van der Waals surface area contributed by atoms with Crippen LogP contribution in [-0.4, -0.2) is 18.6 Å². The van der Waals surface area contributed by atoms with Crippen LogP contribution >= 0.6 is 0 Å². The number of hydrogen-bond acceptors (Lipinski definition) is 3. The van der Waals surface area contributed by atoms with Gasteiger partial charge in [0.25, 0.3) is 0 Å². The van der Waals surface area contributed by atoms with Crippen molar-refractivity contribution in [2.24, 2.45) is 0 Å². The van der Waals surface area contributed by atoms with Crippen LogP contribution in [0.15, 0.2) is 24.3 Å². The Morgan fingerprint density at radius 3 is 2.65 bits per heavy atom. The largest absolute Gasteiger partial charge is 0.465 e. The zero-order valence-electron chi connectivity index (χ0n) is 10.4. The van der Waals surface area contributed by atoms with Gasteiger partial charge in [0, 0.05) is 11.6 Å².